The van der Waals surface area contributed by atoms with Crippen LogP contribution in [0.25, 0.3) is 10.4 Å². The van der Waals surface area contributed by atoms with Gasteiger partial charge in [-0.1, -0.05) is 32.9 Å². The van der Waals surface area contributed by atoms with Gasteiger partial charge in [0.2, 0.25) is 17.7 Å². The summed E-state index contributed by atoms with van der Waals surface area (Å²) in [5, 5.41) is 16.2. The lowest BCUT2D eigenvalue weighted by Gasteiger charge is -2.35. The number of amides is 3. The molecule has 232 valence electrons. The molecule has 1 saturated heterocycles. The number of benzene rings is 1. The van der Waals surface area contributed by atoms with Crippen LogP contribution in [0.1, 0.15) is 78.5 Å². The largest absolute Gasteiger partial charge is 0.488 e. The summed E-state index contributed by atoms with van der Waals surface area (Å²) < 4.78 is 18.7. The fourth-order valence-corrected chi connectivity index (χ4v) is 5.68. The first-order valence-electron chi connectivity index (χ1n) is 14.4. The number of nitrogens with one attached hydrogen (secondary N) is 2. The average Bonchev–Trinajstić information content (AvgIpc) is 3.50. The van der Waals surface area contributed by atoms with Crippen molar-refractivity contribution < 1.29 is 28.6 Å². The second kappa shape index (κ2) is 13.9. The van der Waals surface area contributed by atoms with Crippen LogP contribution < -0.4 is 15.4 Å². The molecule has 0 aliphatic carbocycles. The SMILES string of the molecule is Cc1ncsc1-c1ccc(CNC(=O)[C@@H]2C[C@@H](O)CN2C(=O)[C@@H](NC(=O)CCCCF)C(C)(C)C)c(OC(C)(C)C)c1. The van der Waals surface area contributed by atoms with Gasteiger partial charge >= 0.3 is 0 Å². The Labute approximate surface area is 252 Å². The monoisotopic (exact) mass is 604 g/mol. The molecule has 0 radical (unpaired) electrons. The van der Waals surface area contributed by atoms with Gasteiger partial charge in [0.15, 0.2) is 0 Å². The molecule has 1 fully saturated rings. The van der Waals surface area contributed by atoms with Gasteiger partial charge in [-0.3, -0.25) is 18.8 Å². The molecule has 9 nitrogen and oxygen atoms in total. The van der Waals surface area contributed by atoms with Crippen LogP contribution in [0.15, 0.2) is 23.7 Å². The van der Waals surface area contributed by atoms with Crippen molar-refractivity contribution in [1.82, 2.24) is 20.5 Å². The molecule has 3 atom stereocenters. The number of aryl methyl sites for hydroxylation is 1. The number of carbonyl (C=O) groups excluding carboxylic acids is 3. The van der Waals surface area contributed by atoms with Crippen molar-refractivity contribution in [3.05, 3.63) is 35.0 Å². The van der Waals surface area contributed by atoms with Crippen molar-refractivity contribution in [2.75, 3.05) is 13.2 Å². The Bertz CT molecular complexity index is 1250. The molecule has 0 spiro atoms. The van der Waals surface area contributed by atoms with Gasteiger partial charge in [0, 0.05) is 31.5 Å². The molecule has 3 N–H and O–H groups in total. The number of nitrogens with zero attached hydrogens (tertiary/aromatic N) is 2. The number of likely N-dealkylation sites (tertiary alicyclic amines) is 1. The number of halogens is 1. The number of aromatic nitrogens is 1. The van der Waals surface area contributed by atoms with E-state index in [1.165, 1.54) is 4.90 Å². The minimum atomic E-state index is -0.912. The summed E-state index contributed by atoms with van der Waals surface area (Å²) in [7, 11) is 0. The zero-order valence-electron chi connectivity index (χ0n) is 25.8. The smallest absolute Gasteiger partial charge is 0.246 e. The minimum absolute atomic E-state index is 0.0114. The van der Waals surface area contributed by atoms with Gasteiger partial charge in [0.1, 0.15) is 23.4 Å². The number of hydrogen-bond acceptors (Lipinski definition) is 7. The molecule has 42 heavy (non-hydrogen) atoms. The molecule has 2 aromatic rings. The Morgan fingerprint density at radius 2 is 1.90 bits per heavy atom. The molecule has 2 heterocycles. The number of aliphatic hydroxyl groups is 1. The average molecular weight is 605 g/mol. The molecule has 1 aliphatic rings. The lowest BCUT2D eigenvalue weighted by Crippen LogP contribution is -2.57. The van der Waals surface area contributed by atoms with Crippen molar-refractivity contribution in [1.29, 1.82) is 0 Å². The van der Waals surface area contributed by atoms with Gasteiger partial charge in [-0.15, -0.1) is 11.3 Å². The van der Waals surface area contributed by atoms with Crippen molar-refractivity contribution >= 4 is 29.1 Å². The highest BCUT2D eigenvalue weighted by Crippen LogP contribution is 2.34. The van der Waals surface area contributed by atoms with Crippen LogP contribution >= 0.6 is 11.3 Å². The van der Waals surface area contributed by atoms with Crippen molar-refractivity contribution in [2.45, 2.75) is 104 Å². The van der Waals surface area contributed by atoms with E-state index in [0.717, 1.165) is 21.7 Å². The van der Waals surface area contributed by atoms with Crippen LogP contribution in [0, 0.1) is 12.3 Å². The third-order valence-corrected chi connectivity index (χ3v) is 7.99. The molecule has 1 aromatic carbocycles. The van der Waals surface area contributed by atoms with Crippen LogP contribution in [0.2, 0.25) is 0 Å². The molecule has 3 rings (SSSR count). The van der Waals surface area contributed by atoms with E-state index in [0.29, 0.717) is 12.2 Å². The van der Waals surface area contributed by atoms with Gasteiger partial charge in [0.05, 0.1) is 28.9 Å². The predicted molar refractivity (Wildman–Crippen MR) is 162 cm³/mol. The van der Waals surface area contributed by atoms with Crippen LogP contribution in [0.4, 0.5) is 4.39 Å². The lowest BCUT2D eigenvalue weighted by molar-refractivity contribution is -0.144. The van der Waals surface area contributed by atoms with Crippen LogP contribution in [0.3, 0.4) is 0 Å². The van der Waals surface area contributed by atoms with Gasteiger partial charge in [0.25, 0.3) is 0 Å². The molecule has 0 saturated carbocycles. The van der Waals surface area contributed by atoms with Crippen LogP contribution in [0.5, 0.6) is 5.75 Å². The zero-order valence-corrected chi connectivity index (χ0v) is 26.6. The topological polar surface area (TPSA) is 121 Å². The number of aliphatic hydroxyl groups excluding tert-OH is 1. The second-order valence-electron chi connectivity index (χ2n) is 12.9. The van der Waals surface area contributed by atoms with E-state index >= 15 is 0 Å². The molecular weight excluding hydrogens is 559 g/mol. The molecule has 11 heteroatoms. The second-order valence-corrected chi connectivity index (χ2v) is 13.8. The first kappa shape index (κ1) is 33.5. The zero-order chi connectivity index (χ0) is 31.2. The van der Waals surface area contributed by atoms with E-state index in [4.69, 9.17) is 4.74 Å². The van der Waals surface area contributed by atoms with Gasteiger partial charge in [-0.05, 0) is 57.6 Å². The normalized spacial score (nSPS) is 18.1. The Morgan fingerprint density at radius 3 is 2.50 bits per heavy atom. The first-order valence-corrected chi connectivity index (χ1v) is 15.3. The van der Waals surface area contributed by atoms with Crippen LogP contribution in [-0.2, 0) is 20.9 Å². The summed E-state index contributed by atoms with van der Waals surface area (Å²) in [6, 6.07) is 4.03. The molecule has 0 unspecified atom stereocenters. The third-order valence-electron chi connectivity index (χ3n) is 7.01. The highest BCUT2D eigenvalue weighted by molar-refractivity contribution is 7.13. The maximum atomic E-state index is 13.7. The van der Waals surface area contributed by atoms with Gasteiger partial charge < -0.3 is 25.4 Å². The van der Waals surface area contributed by atoms with E-state index in [1.807, 2.05) is 66.7 Å². The summed E-state index contributed by atoms with van der Waals surface area (Å²) in [5.74, 6) is -0.540. The highest BCUT2D eigenvalue weighted by Gasteiger charge is 2.44. The summed E-state index contributed by atoms with van der Waals surface area (Å²) in [6.45, 7) is 12.9. The Hall–Kier alpha value is -3.05. The first-order chi connectivity index (χ1) is 19.6. The number of carbonyl (C=O) groups is 3. The number of ether oxygens (including phenoxy) is 1. The minimum Gasteiger partial charge on any atom is -0.488 e. The number of hydrogen-bond donors (Lipinski definition) is 3. The van der Waals surface area contributed by atoms with E-state index in [-0.39, 0.29) is 38.3 Å². The van der Waals surface area contributed by atoms with E-state index in [2.05, 4.69) is 15.6 Å². The van der Waals surface area contributed by atoms with Crippen molar-refractivity contribution in [2.24, 2.45) is 5.41 Å². The number of rotatable bonds is 11. The molecule has 0 bridgehead atoms. The van der Waals surface area contributed by atoms with Gasteiger partial charge in [-0.2, -0.15) is 0 Å². The van der Waals surface area contributed by atoms with E-state index in [1.54, 1.807) is 16.8 Å². The fourth-order valence-electron chi connectivity index (χ4n) is 4.88. The molecule has 3 amide bonds. The molecule has 1 aromatic heterocycles. The van der Waals surface area contributed by atoms with E-state index < -0.39 is 47.7 Å². The maximum Gasteiger partial charge on any atom is 0.246 e. The number of thiazole rings is 1. The number of alkyl halides is 1. The summed E-state index contributed by atoms with van der Waals surface area (Å²) in [4.78, 5) is 46.5. The predicted octanol–water partition coefficient (Wildman–Crippen LogP) is 4.54. The summed E-state index contributed by atoms with van der Waals surface area (Å²) >= 11 is 1.55. The highest BCUT2D eigenvalue weighted by atomic mass is 32.1. The number of β-amino-alcohol motifs (C(OH)–C–C–N with tert-alkyl or cyclic N) is 1. The third kappa shape index (κ3) is 8.97. The Kier molecular flexibility index (Phi) is 11.1. The van der Waals surface area contributed by atoms with Crippen LogP contribution in [-0.4, -0.2) is 69.7 Å². The lowest BCUT2D eigenvalue weighted by atomic mass is 9.85. The standard InChI is InChI=1S/C31H45FN4O5S/c1-19-26(42-18-34-19)20-11-12-21(24(14-20)41-31(5,6)7)16-33-28(39)23-15-22(37)17-36(23)29(40)27(30(2,3)4)35-25(38)10-8-9-13-32/h11-12,14,18,22-23,27,37H,8-10,13,15-17H2,1-7H3,(H,33,39)(H,35,38)/t22-,23+,27-/m1/s1. The maximum absolute atomic E-state index is 13.7. The summed E-state index contributed by atoms with van der Waals surface area (Å²) in [6.07, 6.45) is -0.0118. The number of unbranched alkanes of at least 4 members (excludes halogenated alkanes) is 1. The van der Waals surface area contributed by atoms with E-state index in [9.17, 15) is 23.9 Å². The van der Waals surface area contributed by atoms with Crippen molar-refractivity contribution in [3.63, 3.8) is 0 Å². The Balaban J connectivity index is 1.77. The summed E-state index contributed by atoms with van der Waals surface area (Å²) in [5.41, 5.74) is 3.34. The molecular formula is C31H45FN4O5S. The van der Waals surface area contributed by atoms with Crippen molar-refractivity contribution in [3.8, 4) is 16.2 Å². The Morgan fingerprint density at radius 1 is 1.19 bits per heavy atom. The quantitative estimate of drug-likeness (QED) is 0.324. The fraction of sp³-hybridized carbons (Fsp3) is 0.613. The van der Waals surface area contributed by atoms with Gasteiger partial charge in [-0.25, -0.2) is 4.98 Å². The molecule has 1 aliphatic heterocycles.